The Hall–Kier alpha value is -3.51. The Morgan fingerprint density at radius 1 is 1.00 bits per heavy atom. The zero-order valence-corrected chi connectivity index (χ0v) is 23.0. The van der Waals surface area contributed by atoms with Gasteiger partial charge in [0.1, 0.15) is 6.61 Å². The number of nitrogens with zero attached hydrogens (tertiary/aromatic N) is 2. The van der Waals surface area contributed by atoms with Gasteiger partial charge in [-0.05, 0) is 78.9 Å². The number of aryl methyl sites for hydroxylation is 1. The van der Waals surface area contributed by atoms with Gasteiger partial charge < -0.3 is 9.47 Å². The van der Waals surface area contributed by atoms with Crippen LogP contribution in [0.4, 0.5) is 5.69 Å². The Kier molecular flexibility index (Phi) is 8.18. The highest BCUT2D eigenvalue weighted by Gasteiger charge is 2.41. The van der Waals surface area contributed by atoms with E-state index in [1.807, 2.05) is 65.6 Å². The first kappa shape index (κ1) is 26.1. The van der Waals surface area contributed by atoms with Gasteiger partial charge in [0.2, 0.25) is 0 Å². The number of carbonyl (C=O) groups is 1. The Bertz CT molecular complexity index is 1350. The van der Waals surface area contributed by atoms with E-state index in [1.54, 1.807) is 7.11 Å². The third-order valence-electron chi connectivity index (χ3n) is 7.18. The van der Waals surface area contributed by atoms with E-state index in [0.29, 0.717) is 28.9 Å². The van der Waals surface area contributed by atoms with E-state index < -0.39 is 0 Å². The normalized spacial score (nSPS) is 21.8. The Labute approximate surface area is 229 Å². The minimum Gasteiger partial charge on any atom is -0.493 e. The molecule has 0 spiro atoms. The van der Waals surface area contributed by atoms with Crippen molar-refractivity contribution in [1.29, 1.82) is 0 Å². The van der Waals surface area contributed by atoms with Crippen LogP contribution in [0.15, 0.2) is 82.7 Å². The summed E-state index contributed by atoms with van der Waals surface area (Å²) in [5.41, 5.74) is 4.05. The number of ether oxygens (including phenoxy) is 2. The van der Waals surface area contributed by atoms with Gasteiger partial charge in [-0.2, -0.15) is 0 Å². The van der Waals surface area contributed by atoms with Crippen molar-refractivity contribution in [3.05, 3.63) is 94.4 Å². The lowest BCUT2D eigenvalue weighted by molar-refractivity contribution is -0.124. The molecule has 0 bridgehead atoms. The van der Waals surface area contributed by atoms with Gasteiger partial charge in [-0.3, -0.25) is 9.69 Å². The summed E-state index contributed by atoms with van der Waals surface area (Å²) in [4.78, 5) is 21.3. The number of thioether (sulfide) groups is 1. The first-order valence-electron chi connectivity index (χ1n) is 13.2. The van der Waals surface area contributed by atoms with Gasteiger partial charge in [-0.15, -0.1) is 0 Å². The van der Waals surface area contributed by atoms with Crippen LogP contribution in [-0.4, -0.2) is 29.1 Å². The summed E-state index contributed by atoms with van der Waals surface area (Å²) in [6.45, 7) is 4.78. The number of para-hydroxylation sites is 1. The number of rotatable bonds is 7. The molecule has 2 aliphatic rings. The number of amides is 1. The second-order valence-corrected chi connectivity index (χ2v) is 11.0. The Balaban J connectivity index is 1.41. The zero-order valence-electron chi connectivity index (χ0n) is 22.2. The van der Waals surface area contributed by atoms with Crippen LogP contribution in [0.1, 0.15) is 49.3 Å². The molecule has 1 amide bonds. The van der Waals surface area contributed by atoms with Gasteiger partial charge in [-0.25, -0.2) is 4.99 Å². The van der Waals surface area contributed by atoms with Crippen molar-refractivity contribution in [2.45, 2.75) is 52.2 Å². The van der Waals surface area contributed by atoms with Crippen molar-refractivity contribution in [2.75, 3.05) is 7.11 Å². The van der Waals surface area contributed by atoms with Gasteiger partial charge in [0.25, 0.3) is 5.91 Å². The van der Waals surface area contributed by atoms with Crippen LogP contribution < -0.4 is 9.47 Å². The Morgan fingerprint density at radius 2 is 1.82 bits per heavy atom. The molecule has 1 saturated heterocycles. The second-order valence-electron chi connectivity index (χ2n) is 10.0. The molecule has 38 heavy (non-hydrogen) atoms. The van der Waals surface area contributed by atoms with E-state index in [1.165, 1.54) is 23.7 Å². The molecule has 1 saturated carbocycles. The molecule has 3 aromatic rings. The third kappa shape index (κ3) is 5.97. The summed E-state index contributed by atoms with van der Waals surface area (Å²) < 4.78 is 11.7. The van der Waals surface area contributed by atoms with Crippen molar-refractivity contribution >= 4 is 34.6 Å². The third-order valence-corrected chi connectivity index (χ3v) is 8.16. The molecule has 6 heteroatoms. The van der Waals surface area contributed by atoms with Gasteiger partial charge in [-0.1, -0.05) is 73.9 Å². The van der Waals surface area contributed by atoms with Crippen LogP contribution in [0.2, 0.25) is 0 Å². The molecule has 2 atom stereocenters. The highest BCUT2D eigenvalue weighted by molar-refractivity contribution is 8.18. The number of methoxy groups -OCH3 is 1. The number of hydrogen-bond donors (Lipinski definition) is 0. The predicted octanol–water partition coefficient (Wildman–Crippen LogP) is 7.77. The number of carbonyl (C=O) groups excluding carboxylic acids is 1. The minimum absolute atomic E-state index is 0.0298. The summed E-state index contributed by atoms with van der Waals surface area (Å²) in [5.74, 6) is 1.78. The largest absolute Gasteiger partial charge is 0.493 e. The number of hydrogen-bond acceptors (Lipinski definition) is 5. The molecule has 0 unspecified atom stereocenters. The fourth-order valence-corrected chi connectivity index (χ4v) is 6.20. The first-order chi connectivity index (χ1) is 18.5. The van der Waals surface area contributed by atoms with E-state index in [4.69, 9.17) is 14.5 Å². The summed E-state index contributed by atoms with van der Waals surface area (Å²) in [5, 5.41) is 0.760. The molecular weight excluding hydrogens is 492 g/mol. The molecule has 0 radical (unpaired) electrons. The average molecular weight is 527 g/mol. The molecular formula is C32H34N2O3S. The molecule has 1 heterocycles. The molecule has 1 aliphatic heterocycles. The van der Waals surface area contributed by atoms with Crippen LogP contribution in [0, 0.1) is 12.8 Å². The van der Waals surface area contributed by atoms with Crippen LogP contribution in [0.25, 0.3) is 6.08 Å². The van der Waals surface area contributed by atoms with E-state index in [9.17, 15) is 4.79 Å². The Morgan fingerprint density at radius 3 is 2.58 bits per heavy atom. The van der Waals surface area contributed by atoms with E-state index in [2.05, 4.69) is 32.0 Å². The minimum atomic E-state index is 0.0298. The second kappa shape index (κ2) is 11.9. The number of benzene rings is 3. The van der Waals surface area contributed by atoms with E-state index in [0.717, 1.165) is 41.2 Å². The molecule has 1 aliphatic carbocycles. The van der Waals surface area contributed by atoms with E-state index >= 15 is 0 Å². The lowest BCUT2D eigenvalue weighted by Crippen LogP contribution is -2.44. The van der Waals surface area contributed by atoms with Crippen LogP contribution in [0.5, 0.6) is 11.5 Å². The summed E-state index contributed by atoms with van der Waals surface area (Å²) in [7, 11) is 1.64. The molecule has 5 rings (SSSR count). The van der Waals surface area contributed by atoms with Crippen LogP contribution in [0.3, 0.4) is 0 Å². The van der Waals surface area contributed by atoms with Crippen molar-refractivity contribution < 1.29 is 14.3 Å². The predicted molar refractivity (Wildman–Crippen MR) is 156 cm³/mol. The summed E-state index contributed by atoms with van der Waals surface area (Å²) in [6, 6.07) is 24.1. The maximum atomic E-state index is 13.8. The number of amidine groups is 1. The smallest absolute Gasteiger partial charge is 0.267 e. The average Bonchev–Trinajstić information content (AvgIpc) is 3.22. The lowest BCUT2D eigenvalue weighted by atomic mass is 9.85. The molecule has 3 aromatic carbocycles. The van der Waals surface area contributed by atoms with Crippen LogP contribution >= 0.6 is 11.8 Å². The SMILES string of the molecule is COc1cc(/C=C2\SC(=Nc3ccccc3)N([C@H]3CCCC[C@@H]3C)C2=O)ccc1OCc1cccc(C)c1. The van der Waals surface area contributed by atoms with Crippen molar-refractivity contribution in [2.24, 2.45) is 10.9 Å². The monoisotopic (exact) mass is 526 g/mol. The molecule has 2 fully saturated rings. The molecule has 196 valence electrons. The van der Waals surface area contributed by atoms with Crippen LogP contribution in [-0.2, 0) is 11.4 Å². The topological polar surface area (TPSA) is 51.1 Å². The lowest BCUT2D eigenvalue weighted by Gasteiger charge is -2.35. The van der Waals surface area contributed by atoms with Gasteiger partial charge in [0.15, 0.2) is 16.7 Å². The van der Waals surface area contributed by atoms with Gasteiger partial charge in [0.05, 0.1) is 17.7 Å². The van der Waals surface area contributed by atoms with Gasteiger partial charge >= 0.3 is 0 Å². The fraction of sp³-hybridized carbons (Fsp3) is 0.312. The fourth-order valence-electron chi connectivity index (χ4n) is 5.16. The van der Waals surface area contributed by atoms with Crippen molar-refractivity contribution in [3.63, 3.8) is 0 Å². The maximum Gasteiger partial charge on any atom is 0.267 e. The molecule has 0 N–H and O–H groups in total. The van der Waals surface area contributed by atoms with E-state index in [-0.39, 0.29) is 11.9 Å². The highest BCUT2D eigenvalue weighted by atomic mass is 32.2. The summed E-state index contributed by atoms with van der Waals surface area (Å²) >= 11 is 1.45. The molecule has 0 aromatic heterocycles. The summed E-state index contributed by atoms with van der Waals surface area (Å²) in [6.07, 6.45) is 6.45. The number of aliphatic imine (C=N–C) groups is 1. The van der Waals surface area contributed by atoms with Crippen molar-refractivity contribution in [1.82, 2.24) is 4.90 Å². The molecule has 5 nitrogen and oxygen atoms in total. The zero-order chi connectivity index (χ0) is 26.5. The first-order valence-corrected chi connectivity index (χ1v) is 14.1. The standard InChI is InChI=1S/C32H34N2O3S/c1-22-10-9-12-25(18-22)21-37-28-17-16-24(19-29(28)36-3)20-30-31(35)34(27-15-8-7-11-23(27)2)32(38-30)33-26-13-5-4-6-14-26/h4-6,9-10,12-14,16-20,23,27H,7-8,11,15,21H2,1-3H3/b30-20-,33-32?/t23-,27-/m0/s1. The quantitative estimate of drug-likeness (QED) is 0.295. The van der Waals surface area contributed by atoms with Crippen molar-refractivity contribution in [3.8, 4) is 11.5 Å². The highest BCUT2D eigenvalue weighted by Crippen LogP contribution is 2.40. The maximum absolute atomic E-state index is 13.8. The van der Waals surface area contributed by atoms with Gasteiger partial charge in [0, 0.05) is 6.04 Å².